The van der Waals surface area contributed by atoms with Gasteiger partial charge < -0.3 is 9.52 Å². The first-order valence-corrected chi connectivity index (χ1v) is 9.79. The molecule has 0 spiro atoms. The van der Waals surface area contributed by atoms with Crippen LogP contribution < -0.4 is 5.56 Å². The summed E-state index contributed by atoms with van der Waals surface area (Å²) in [5.41, 5.74) is 0.908. The maximum atomic E-state index is 13.2. The van der Waals surface area contributed by atoms with Crippen molar-refractivity contribution >= 4 is 27.5 Å². The van der Waals surface area contributed by atoms with Gasteiger partial charge in [-0.1, -0.05) is 37.3 Å². The monoisotopic (exact) mass is 394 g/mol. The summed E-state index contributed by atoms with van der Waals surface area (Å²) in [7, 11) is 0. The average Bonchev–Trinajstić information content (AvgIpc) is 3.33. The molecule has 0 aliphatic rings. The van der Waals surface area contributed by atoms with Crippen LogP contribution in [0.4, 0.5) is 0 Å². The van der Waals surface area contributed by atoms with E-state index in [1.54, 1.807) is 10.6 Å². The van der Waals surface area contributed by atoms with Gasteiger partial charge in [0.25, 0.3) is 5.56 Å². The number of carbonyl (C=O) groups is 1. The Morgan fingerprint density at radius 2 is 2.00 bits per heavy atom. The van der Waals surface area contributed by atoms with Crippen LogP contribution in [0.15, 0.2) is 57.7 Å². The van der Waals surface area contributed by atoms with Crippen LogP contribution in [0.1, 0.15) is 35.5 Å². The predicted molar refractivity (Wildman–Crippen MR) is 108 cm³/mol. The molecule has 0 radical (unpaired) electrons. The number of hydrogen-bond acceptors (Lipinski definition) is 5. The van der Waals surface area contributed by atoms with Crippen molar-refractivity contribution in [2.24, 2.45) is 0 Å². The number of carboxylic acid groups (broad SMARTS) is 1. The van der Waals surface area contributed by atoms with Crippen LogP contribution >= 0.6 is 11.3 Å². The summed E-state index contributed by atoms with van der Waals surface area (Å²) in [5.74, 6) is -0.187. The number of aromatic carboxylic acids is 1. The summed E-state index contributed by atoms with van der Waals surface area (Å²) in [6.45, 7) is 2.18. The molecule has 4 aromatic rings. The van der Waals surface area contributed by atoms with E-state index in [-0.39, 0.29) is 17.9 Å². The first kappa shape index (κ1) is 18.2. The Morgan fingerprint density at radius 1 is 1.21 bits per heavy atom. The standard InChI is InChI=1S/C21H18N2O4S/c1-2-6-18-22-19-15(11-17(28-19)13-7-4-3-5-8-13)20(24)23(18)12-14-9-10-16(27-14)21(25)26/h3-5,7-11H,2,6,12H2,1H3,(H,25,26). The molecule has 3 heterocycles. The number of rotatable bonds is 6. The lowest BCUT2D eigenvalue weighted by atomic mass is 10.2. The van der Waals surface area contributed by atoms with Crippen LogP contribution in [0, 0.1) is 0 Å². The van der Waals surface area contributed by atoms with E-state index in [1.807, 2.05) is 43.3 Å². The van der Waals surface area contributed by atoms with E-state index < -0.39 is 5.97 Å². The zero-order valence-electron chi connectivity index (χ0n) is 15.2. The molecule has 0 saturated heterocycles. The Labute approximate surface area is 164 Å². The highest BCUT2D eigenvalue weighted by Crippen LogP contribution is 2.31. The normalized spacial score (nSPS) is 11.2. The molecular formula is C21H18N2O4S. The molecule has 0 saturated carbocycles. The quantitative estimate of drug-likeness (QED) is 0.523. The number of nitrogens with zero attached hydrogens (tertiary/aromatic N) is 2. The molecule has 142 valence electrons. The first-order chi connectivity index (χ1) is 13.6. The molecule has 0 aliphatic carbocycles. The van der Waals surface area contributed by atoms with E-state index in [0.717, 1.165) is 16.9 Å². The van der Waals surface area contributed by atoms with Gasteiger partial charge >= 0.3 is 5.97 Å². The zero-order valence-corrected chi connectivity index (χ0v) is 16.0. The van der Waals surface area contributed by atoms with Crippen molar-refractivity contribution in [2.45, 2.75) is 26.3 Å². The summed E-state index contributed by atoms with van der Waals surface area (Å²) in [4.78, 5) is 30.7. The van der Waals surface area contributed by atoms with Crippen molar-refractivity contribution in [3.63, 3.8) is 0 Å². The number of aromatic nitrogens is 2. The summed E-state index contributed by atoms with van der Waals surface area (Å²) >= 11 is 1.50. The Hall–Kier alpha value is -3.19. The Kier molecular flexibility index (Phi) is 4.83. The number of furan rings is 1. The Bertz CT molecular complexity index is 1200. The third-order valence-electron chi connectivity index (χ3n) is 4.45. The molecule has 6 nitrogen and oxygen atoms in total. The molecule has 0 bridgehead atoms. The number of carboxylic acids is 1. The van der Waals surface area contributed by atoms with Crippen molar-refractivity contribution < 1.29 is 14.3 Å². The number of hydrogen-bond donors (Lipinski definition) is 1. The first-order valence-electron chi connectivity index (χ1n) is 8.97. The van der Waals surface area contributed by atoms with E-state index >= 15 is 0 Å². The molecule has 28 heavy (non-hydrogen) atoms. The van der Waals surface area contributed by atoms with Gasteiger partial charge in [0, 0.05) is 11.3 Å². The number of fused-ring (bicyclic) bond motifs is 1. The topological polar surface area (TPSA) is 85.3 Å². The van der Waals surface area contributed by atoms with Crippen LogP contribution in [0.25, 0.3) is 20.7 Å². The second-order valence-corrected chi connectivity index (χ2v) is 7.47. The molecule has 0 amide bonds. The summed E-state index contributed by atoms with van der Waals surface area (Å²) in [6.07, 6.45) is 1.49. The molecule has 4 rings (SSSR count). The van der Waals surface area contributed by atoms with Gasteiger partial charge in [-0.25, -0.2) is 9.78 Å². The second-order valence-electron chi connectivity index (χ2n) is 6.44. The zero-order chi connectivity index (χ0) is 19.7. The highest BCUT2D eigenvalue weighted by molar-refractivity contribution is 7.21. The summed E-state index contributed by atoms with van der Waals surface area (Å²) in [5, 5.41) is 9.60. The number of aryl methyl sites for hydroxylation is 1. The fourth-order valence-corrected chi connectivity index (χ4v) is 4.16. The number of thiophene rings is 1. The van der Waals surface area contributed by atoms with Crippen LogP contribution in [-0.2, 0) is 13.0 Å². The molecule has 7 heteroatoms. The lowest BCUT2D eigenvalue weighted by Gasteiger charge is -2.10. The van der Waals surface area contributed by atoms with Crippen molar-refractivity contribution in [1.82, 2.24) is 9.55 Å². The van der Waals surface area contributed by atoms with Gasteiger partial charge in [-0.3, -0.25) is 9.36 Å². The summed E-state index contributed by atoms with van der Waals surface area (Å²) in [6, 6.07) is 14.7. The largest absolute Gasteiger partial charge is 0.475 e. The average molecular weight is 394 g/mol. The van der Waals surface area contributed by atoms with Crippen LogP contribution in [0.2, 0.25) is 0 Å². The minimum atomic E-state index is -1.13. The predicted octanol–water partition coefficient (Wildman–Crippen LogP) is 4.42. The lowest BCUT2D eigenvalue weighted by Crippen LogP contribution is -2.25. The highest BCUT2D eigenvalue weighted by Gasteiger charge is 2.17. The molecule has 1 aromatic carbocycles. The minimum absolute atomic E-state index is 0.139. The van der Waals surface area contributed by atoms with Gasteiger partial charge in [-0.05, 0) is 30.2 Å². The van der Waals surface area contributed by atoms with Gasteiger partial charge in [0.2, 0.25) is 5.76 Å². The number of benzene rings is 1. The lowest BCUT2D eigenvalue weighted by molar-refractivity contribution is 0.0660. The SMILES string of the molecule is CCCc1nc2sc(-c3ccccc3)cc2c(=O)n1Cc1ccc(C(=O)O)o1. The second kappa shape index (κ2) is 7.44. The van der Waals surface area contributed by atoms with E-state index in [1.165, 1.54) is 17.4 Å². The van der Waals surface area contributed by atoms with Crippen molar-refractivity contribution in [3.8, 4) is 10.4 Å². The van der Waals surface area contributed by atoms with Crippen LogP contribution in [0.3, 0.4) is 0 Å². The maximum Gasteiger partial charge on any atom is 0.371 e. The third-order valence-corrected chi connectivity index (χ3v) is 5.53. The van der Waals surface area contributed by atoms with E-state index in [2.05, 4.69) is 0 Å². The van der Waals surface area contributed by atoms with E-state index in [0.29, 0.717) is 28.2 Å². The Balaban J connectivity index is 1.82. The maximum absolute atomic E-state index is 13.2. The van der Waals surface area contributed by atoms with Crippen molar-refractivity contribution in [1.29, 1.82) is 0 Å². The molecule has 1 N–H and O–H groups in total. The molecule has 0 fully saturated rings. The molecule has 0 unspecified atom stereocenters. The highest BCUT2D eigenvalue weighted by atomic mass is 32.1. The fraction of sp³-hybridized carbons (Fsp3) is 0.190. The van der Waals surface area contributed by atoms with Gasteiger partial charge in [-0.2, -0.15) is 0 Å². The summed E-state index contributed by atoms with van der Waals surface area (Å²) < 4.78 is 6.92. The molecular weight excluding hydrogens is 376 g/mol. The Morgan fingerprint density at radius 3 is 2.68 bits per heavy atom. The van der Waals surface area contributed by atoms with Gasteiger partial charge in [-0.15, -0.1) is 11.3 Å². The molecule has 3 aromatic heterocycles. The van der Waals surface area contributed by atoms with Crippen LogP contribution in [0.5, 0.6) is 0 Å². The third kappa shape index (κ3) is 3.36. The van der Waals surface area contributed by atoms with Crippen LogP contribution in [-0.4, -0.2) is 20.6 Å². The van der Waals surface area contributed by atoms with E-state index in [9.17, 15) is 9.59 Å². The fourth-order valence-electron chi connectivity index (χ4n) is 3.11. The van der Waals surface area contributed by atoms with E-state index in [4.69, 9.17) is 14.5 Å². The minimum Gasteiger partial charge on any atom is -0.475 e. The van der Waals surface area contributed by atoms with Crippen molar-refractivity contribution in [2.75, 3.05) is 0 Å². The van der Waals surface area contributed by atoms with Gasteiger partial charge in [0.1, 0.15) is 16.4 Å². The van der Waals surface area contributed by atoms with Crippen molar-refractivity contribution in [3.05, 3.63) is 76.2 Å². The van der Waals surface area contributed by atoms with Gasteiger partial charge in [0.05, 0.1) is 11.9 Å². The molecule has 0 atom stereocenters. The van der Waals surface area contributed by atoms with Gasteiger partial charge in [0.15, 0.2) is 0 Å². The smallest absolute Gasteiger partial charge is 0.371 e. The molecule has 0 aliphatic heterocycles.